The molecule has 2 aromatic carbocycles. The van der Waals surface area contributed by atoms with Gasteiger partial charge in [-0.3, -0.25) is 4.79 Å². The maximum absolute atomic E-state index is 12.4. The molecular formula is C24H20BrCl2NO5S. The summed E-state index contributed by atoms with van der Waals surface area (Å²) in [5.74, 6) is -0.952. The van der Waals surface area contributed by atoms with Crippen LogP contribution in [0.5, 0.6) is 5.75 Å². The van der Waals surface area contributed by atoms with Crippen molar-refractivity contribution in [1.29, 1.82) is 0 Å². The topological polar surface area (TPSA) is 85.2 Å². The fourth-order valence-electron chi connectivity index (χ4n) is 2.88. The quantitative estimate of drug-likeness (QED) is 0.348. The molecule has 0 fully saturated rings. The number of amides is 1. The predicted molar refractivity (Wildman–Crippen MR) is 140 cm³/mol. The van der Waals surface area contributed by atoms with E-state index < -0.39 is 11.9 Å². The molecule has 0 atom stereocenters. The molecule has 1 heterocycles. The molecule has 1 N–H and O–H groups in total. The van der Waals surface area contributed by atoms with Crippen LogP contribution in [0.1, 0.15) is 31.4 Å². The summed E-state index contributed by atoms with van der Waals surface area (Å²) in [4.78, 5) is 28.7. The van der Waals surface area contributed by atoms with E-state index in [-0.39, 0.29) is 36.0 Å². The zero-order valence-electron chi connectivity index (χ0n) is 18.2. The number of benzene rings is 2. The molecule has 0 radical (unpaired) electrons. The lowest BCUT2D eigenvalue weighted by atomic mass is 10.1. The Bertz CT molecular complexity index is 1230. The third-order valence-corrected chi connectivity index (χ3v) is 6.66. The molecule has 0 saturated carbocycles. The second-order valence-corrected chi connectivity index (χ2v) is 9.72. The first-order valence-corrected chi connectivity index (χ1v) is 12.6. The number of ether oxygens (including phenoxy) is 2. The standard InChI is InChI=1S/C24H20BrCl2NO5S/c1-3-20(29)28-23-21(24(31)32-4-2)22(30)19(34-23)10-14-9-15(25)6-8-18(14)33-12-13-5-7-16(26)11-17(13)27/h5-11,30H,3-4,12H2,1-2H3/b19-10-,28-23?. The van der Waals surface area contributed by atoms with Gasteiger partial charge in [-0.1, -0.05) is 63.9 Å². The van der Waals surface area contributed by atoms with E-state index in [9.17, 15) is 14.7 Å². The van der Waals surface area contributed by atoms with Gasteiger partial charge in [-0.2, -0.15) is 0 Å². The van der Waals surface area contributed by atoms with Gasteiger partial charge < -0.3 is 14.6 Å². The molecule has 178 valence electrons. The van der Waals surface area contributed by atoms with E-state index in [1.54, 1.807) is 50.3 Å². The van der Waals surface area contributed by atoms with E-state index in [4.69, 9.17) is 32.7 Å². The highest BCUT2D eigenvalue weighted by atomic mass is 79.9. The minimum atomic E-state index is -0.748. The lowest BCUT2D eigenvalue weighted by Gasteiger charge is -2.12. The van der Waals surface area contributed by atoms with Crippen molar-refractivity contribution in [2.24, 2.45) is 4.99 Å². The normalized spacial score (nSPS) is 15.8. The molecule has 1 aliphatic rings. The average Bonchev–Trinajstić information content (AvgIpc) is 3.08. The molecule has 0 aliphatic carbocycles. The first-order valence-electron chi connectivity index (χ1n) is 10.2. The maximum Gasteiger partial charge on any atom is 0.344 e. The van der Waals surface area contributed by atoms with Crippen LogP contribution in [0.2, 0.25) is 10.0 Å². The zero-order valence-corrected chi connectivity index (χ0v) is 22.1. The van der Waals surface area contributed by atoms with Gasteiger partial charge in [0.15, 0.2) is 0 Å². The second kappa shape index (κ2) is 11.9. The molecule has 1 aliphatic heterocycles. The van der Waals surface area contributed by atoms with E-state index in [0.29, 0.717) is 26.3 Å². The van der Waals surface area contributed by atoms with Crippen LogP contribution in [-0.2, 0) is 20.9 Å². The Kier molecular flexibility index (Phi) is 9.24. The smallest absolute Gasteiger partial charge is 0.344 e. The van der Waals surface area contributed by atoms with Crippen molar-refractivity contribution in [1.82, 2.24) is 0 Å². The second-order valence-electron chi connectivity index (χ2n) is 6.93. The number of aliphatic hydroxyl groups is 1. The van der Waals surface area contributed by atoms with Crippen LogP contribution in [0.4, 0.5) is 0 Å². The van der Waals surface area contributed by atoms with Crippen molar-refractivity contribution in [3.05, 3.63) is 78.3 Å². The Morgan fingerprint density at radius 3 is 2.62 bits per heavy atom. The molecule has 10 heteroatoms. The number of aliphatic imine (C=N–C) groups is 1. The zero-order chi connectivity index (χ0) is 24.8. The van der Waals surface area contributed by atoms with Gasteiger partial charge in [0.1, 0.15) is 28.7 Å². The monoisotopic (exact) mass is 583 g/mol. The van der Waals surface area contributed by atoms with Gasteiger partial charge in [-0.05, 0) is 43.3 Å². The molecule has 0 unspecified atom stereocenters. The number of thioether (sulfide) groups is 1. The summed E-state index contributed by atoms with van der Waals surface area (Å²) in [5.41, 5.74) is 1.24. The van der Waals surface area contributed by atoms with E-state index in [1.165, 1.54) is 0 Å². The van der Waals surface area contributed by atoms with Crippen LogP contribution in [0, 0.1) is 0 Å². The van der Waals surface area contributed by atoms with Crippen LogP contribution in [0.15, 0.2) is 62.1 Å². The van der Waals surface area contributed by atoms with E-state index in [1.807, 2.05) is 6.07 Å². The van der Waals surface area contributed by atoms with Gasteiger partial charge in [0.25, 0.3) is 0 Å². The number of aliphatic hydroxyl groups excluding tert-OH is 1. The molecule has 0 saturated heterocycles. The minimum Gasteiger partial charge on any atom is -0.506 e. The van der Waals surface area contributed by atoms with E-state index >= 15 is 0 Å². The number of esters is 1. The lowest BCUT2D eigenvalue weighted by molar-refractivity contribution is -0.138. The molecule has 6 nitrogen and oxygen atoms in total. The molecule has 3 rings (SSSR count). The first-order chi connectivity index (χ1) is 16.2. The van der Waals surface area contributed by atoms with Crippen LogP contribution >= 0.6 is 50.9 Å². The number of rotatable bonds is 7. The first kappa shape index (κ1) is 26.3. The Labute approximate surface area is 219 Å². The molecule has 0 bridgehead atoms. The third-order valence-electron chi connectivity index (χ3n) is 4.56. The Morgan fingerprint density at radius 2 is 1.94 bits per heavy atom. The molecule has 1 amide bonds. The molecule has 34 heavy (non-hydrogen) atoms. The van der Waals surface area contributed by atoms with Gasteiger partial charge in [0.2, 0.25) is 5.91 Å². The Balaban J connectivity index is 1.97. The third kappa shape index (κ3) is 6.44. The van der Waals surface area contributed by atoms with Gasteiger partial charge >= 0.3 is 5.97 Å². The largest absolute Gasteiger partial charge is 0.506 e. The summed E-state index contributed by atoms with van der Waals surface area (Å²) in [6, 6.07) is 10.5. The van der Waals surface area contributed by atoms with Crippen LogP contribution in [0.25, 0.3) is 6.08 Å². The fraction of sp³-hybridized carbons (Fsp3) is 0.208. The van der Waals surface area contributed by atoms with Crippen LogP contribution in [-0.4, -0.2) is 28.6 Å². The van der Waals surface area contributed by atoms with Crippen LogP contribution in [0.3, 0.4) is 0 Å². The highest BCUT2D eigenvalue weighted by Gasteiger charge is 2.33. The van der Waals surface area contributed by atoms with Crippen molar-refractivity contribution >= 4 is 73.9 Å². The number of carbonyl (C=O) groups is 2. The summed E-state index contributed by atoms with van der Waals surface area (Å²) in [6.07, 6.45) is 1.82. The maximum atomic E-state index is 12.4. The van der Waals surface area contributed by atoms with E-state index in [2.05, 4.69) is 20.9 Å². The van der Waals surface area contributed by atoms with Crippen molar-refractivity contribution in [3.8, 4) is 5.75 Å². The molecule has 0 aromatic heterocycles. The van der Waals surface area contributed by atoms with Gasteiger partial charge in [-0.15, -0.1) is 0 Å². The molecule has 2 aromatic rings. The molecular weight excluding hydrogens is 565 g/mol. The molecule has 0 spiro atoms. The predicted octanol–water partition coefficient (Wildman–Crippen LogP) is 7.13. The van der Waals surface area contributed by atoms with Gasteiger partial charge in [-0.25, -0.2) is 9.79 Å². The lowest BCUT2D eigenvalue weighted by Crippen LogP contribution is -2.14. The Hall–Kier alpha value is -2.26. The van der Waals surface area contributed by atoms with Crippen LogP contribution < -0.4 is 4.74 Å². The van der Waals surface area contributed by atoms with Gasteiger partial charge in [0, 0.05) is 32.1 Å². The highest BCUT2D eigenvalue weighted by molar-refractivity contribution is 9.10. The number of carbonyl (C=O) groups excluding carboxylic acids is 2. The number of hydrogen-bond acceptors (Lipinski definition) is 6. The van der Waals surface area contributed by atoms with Crippen molar-refractivity contribution in [2.45, 2.75) is 26.9 Å². The summed E-state index contributed by atoms with van der Waals surface area (Å²) in [5, 5.41) is 11.9. The minimum absolute atomic E-state index is 0.0967. The average molecular weight is 585 g/mol. The summed E-state index contributed by atoms with van der Waals surface area (Å²) in [6.45, 7) is 3.62. The van der Waals surface area contributed by atoms with E-state index in [0.717, 1.165) is 21.8 Å². The summed E-state index contributed by atoms with van der Waals surface area (Å²) >= 11 is 16.7. The van der Waals surface area contributed by atoms with Gasteiger partial charge in [0.05, 0.1) is 11.5 Å². The summed E-state index contributed by atoms with van der Waals surface area (Å²) < 4.78 is 11.8. The number of nitrogens with zero attached hydrogens (tertiary/aromatic N) is 1. The number of hydrogen-bond donors (Lipinski definition) is 1. The number of halogens is 3. The van der Waals surface area contributed by atoms with Crippen molar-refractivity contribution in [2.75, 3.05) is 6.61 Å². The highest BCUT2D eigenvalue weighted by Crippen LogP contribution is 2.40. The SMILES string of the molecule is CCOC(=O)C1=C(O)/C(=C/c2cc(Br)ccc2OCc2ccc(Cl)cc2Cl)SC1=NC(=O)CC. The van der Waals surface area contributed by atoms with Crippen molar-refractivity contribution < 1.29 is 24.2 Å². The fourth-order valence-corrected chi connectivity index (χ4v) is 4.75. The van der Waals surface area contributed by atoms with Crippen molar-refractivity contribution in [3.63, 3.8) is 0 Å². The summed E-state index contributed by atoms with van der Waals surface area (Å²) in [7, 11) is 0. The Morgan fingerprint density at radius 1 is 1.18 bits per heavy atom.